The van der Waals surface area contributed by atoms with Crippen LogP contribution in [0.4, 0.5) is 8.78 Å². The first-order chi connectivity index (χ1) is 9.38. The van der Waals surface area contributed by atoms with E-state index in [1.54, 1.807) is 18.2 Å². The lowest BCUT2D eigenvalue weighted by molar-refractivity contribution is -0.144. The number of aromatic hydroxyl groups is 1. The Morgan fingerprint density at radius 1 is 1.35 bits per heavy atom. The Hall–Kier alpha value is -2.44. The second-order valence-electron chi connectivity index (χ2n) is 3.79. The van der Waals surface area contributed by atoms with Crippen LogP contribution in [0, 0.1) is 0 Å². The van der Waals surface area contributed by atoms with Crippen molar-refractivity contribution in [3.63, 3.8) is 0 Å². The normalized spacial score (nSPS) is 10.0. The third-order valence-corrected chi connectivity index (χ3v) is 2.12. The van der Waals surface area contributed by atoms with Gasteiger partial charge >= 0.3 is 5.97 Å². The number of carbonyl (C=O) groups excluding carboxylic acids is 1. The van der Waals surface area contributed by atoms with Crippen molar-refractivity contribution in [3.8, 4) is 5.75 Å². The predicted octanol–water partition coefficient (Wildman–Crippen LogP) is 2.05. The topological polar surface area (TPSA) is 79.4 Å². The second kappa shape index (κ2) is 7.22. The number of phenolic OH excluding ortho intramolecular Hbond substituents is 1. The molecule has 0 bridgehead atoms. The van der Waals surface area contributed by atoms with Gasteiger partial charge in [0.2, 0.25) is 5.56 Å². The summed E-state index contributed by atoms with van der Waals surface area (Å²) in [6.07, 6.45) is -2.56. The summed E-state index contributed by atoms with van der Waals surface area (Å²) in [7, 11) is 0. The first-order valence-corrected chi connectivity index (χ1v) is 5.62. The summed E-state index contributed by atoms with van der Waals surface area (Å²) in [6, 6.07) is 8.03. The smallest absolute Gasteiger partial charge is 0.302 e. The summed E-state index contributed by atoms with van der Waals surface area (Å²) < 4.78 is 26.2. The number of H-pyrrole nitrogens is 1. The fourth-order valence-corrected chi connectivity index (χ4v) is 1.32. The summed E-state index contributed by atoms with van der Waals surface area (Å²) in [5, 5.41) is 10.0. The first kappa shape index (κ1) is 15.6. The molecule has 1 heterocycles. The average molecular weight is 285 g/mol. The lowest BCUT2D eigenvalue weighted by Crippen LogP contribution is -2.07. The summed E-state index contributed by atoms with van der Waals surface area (Å²) >= 11 is 0. The highest BCUT2D eigenvalue weighted by molar-refractivity contribution is 5.79. The third kappa shape index (κ3) is 5.47. The molecule has 0 aliphatic carbocycles. The molecule has 0 unspecified atom stereocenters. The van der Waals surface area contributed by atoms with Crippen LogP contribution in [0.2, 0.25) is 0 Å². The summed E-state index contributed by atoms with van der Waals surface area (Å²) in [5.74, 6) is -0.519. The average Bonchev–Trinajstić information content (AvgIpc) is 2.36. The lowest BCUT2D eigenvalue weighted by atomic mass is 10.2. The number of benzene rings is 1. The maximum atomic E-state index is 11.1. The van der Waals surface area contributed by atoms with E-state index < -0.39 is 19.0 Å². The van der Waals surface area contributed by atoms with Crippen molar-refractivity contribution in [2.24, 2.45) is 0 Å². The molecule has 0 radical (unpaired) electrons. The van der Waals surface area contributed by atoms with E-state index in [1.165, 1.54) is 12.1 Å². The number of fused-ring (bicyclic) bond motifs is 1. The second-order valence-corrected chi connectivity index (χ2v) is 3.79. The molecule has 0 saturated carbocycles. The molecule has 1 aromatic heterocycles. The maximum absolute atomic E-state index is 11.1. The van der Waals surface area contributed by atoms with Gasteiger partial charge in [-0.25, -0.2) is 8.78 Å². The summed E-state index contributed by atoms with van der Waals surface area (Å²) in [4.78, 5) is 23.3. The number of pyridine rings is 1. The number of aromatic amines is 1. The SMILES string of the molecule is CC(=O)OCC(F)F.O=c1ccc2ccc(O)cc2[nH]1. The molecule has 7 heteroatoms. The quantitative estimate of drug-likeness (QED) is 0.828. The van der Waals surface area contributed by atoms with E-state index >= 15 is 0 Å². The van der Waals surface area contributed by atoms with Crippen molar-refractivity contribution >= 4 is 16.9 Å². The Kier molecular flexibility index (Phi) is 5.64. The lowest BCUT2D eigenvalue weighted by Gasteiger charge is -1.96. The van der Waals surface area contributed by atoms with Crippen molar-refractivity contribution in [1.82, 2.24) is 4.98 Å². The fraction of sp³-hybridized carbons (Fsp3) is 0.231. The molecule has 0 spiro atoms. The minimum Gasteiger partial charge on any atom is -0.508 e. The number of nitrogens with one attached hydrogen (secondary N) is 1. The van der Waals surface area contributed by atoms with Crippen LogP contribution in [-0.2, 0) is 9.53 Å². The van der Waals surface area contributed by atoms with E-state index in [-0.39, 0.29) is 11.3 Å². The number of alkyl halides is 2. The number of carbonyl (C=O) groups is 1. The number of halogens is 2. The fourth-order valence-electron chi connectivity index (χ4n) is 1.32. The van der Waals surface area contributed by atoms with Crippen molar-refractivity contribution in [3.05, 3.63) is 40.7 Å². The van der Waals surface area contributed by atoms with Crippen LogP contribution in [0.1, 0.15) is 6.92 Å². The Bertz CT molecular complexity index is 640. The molecule has 1 aromatic carbocycles. The van der Waals surface area contributed by atoms with Crippen LogP contribution in [0.25, 0.3) is 10.9 Å². The Balaban J connectivity index is 0.000000221. The molecule has 0 amide bonds. The number of rotatable bonds is 2. The number of hydrogen-bond donors (Lipinski definition) is 2. The summed E-state index contributed by atoms with van der Waals surface area (Å²) in [6.45, 7) is 0.289. The number of esters is 1. The van der Waals surface area contributed by atoms with Crippen LogP contribution in [-0.4, -0.2) is 29.1 Å². The molecule has 0 aliphatic rings. The van der Waals surface area contributed by atoms with Crippen molar-refractivity contribution in [1.29, 1.82) is 0 Å². The molecular formula is C13H13F2NO4. The third-order valence-electron chi connectivity index (χ3n) is 2.12. The zero-order valence-corrected chi connectivity index (χ0v) is 10.6. The van der Waals surface area contributed by atoms with E-state index in [4.69, 9.17) is 5.11 Å². The van der Waals surface area contributed by atoms with Crippen molar-refractivity contribution in [2.75, 3.05) is 6.61 Å². The molecule has 0 aliphatic heterocycles. The number of ether oxygens (including phenoxy) is 1. The van der Waals surface area contributed by atoms with Gasteiger partial charge in [-0.2, -0.15) is 0 Å². The molecule has 0 atom stereocenters. The first-order valence-electron chi connectivity index (χ1n) is 5.62. The van der Waals surface area contributed by atoms with Crippen LogP contribution < -0.4 is 5.56 Å². The Morgan fingerprint density at radius 3 is 2.55 bits per heavy atom. The van der Waals surface area contributed by atoms with Gasteiger partial charge in [0.25, 0.3) is 6.43 Å². The molecule has 2 aromatic rings. The molecule has 108 valence electrons. The predicted molar refractivity (Wildman–Crippen MR) is 68.9 cm³/mol. The van der Waals surface area contributed by atoms with Gasteiger partial charge in [-0.1, -0.05) is 0 Å². The van der Waals surface area contributed by atoms with E-state index in [1.807, 2.05) is 0 Å². The number of hydrogen-bond acceptors (Lipinski definition) is 4. The maximum Gasteiger partial charge on any atom is 0.302 e. The molecule has 0 fully saturated rings. The van der Waals surface area contributed by atoms with Gasteiger partial charge in [0, 0.05) is 19.1 Å². The van der Waals surface area contributed by atoms with Crippen molar-refractivity contribution in [2.45, 2.75) is 13.3 Å². The molecule has 20 heavy (non-hydrogen) atoms. The number of aromatic nitrogens is 1. The monoisotopic (exact) mass is 285 g/mol. The van der Waals surface area contributed by atoms with Gasteiger partial charge in [-0.05, 0) is 23.6 Å². The molecular weight excluding hydrogens is 272 g/mol. The summed E-state index contributed by atoms with van der Waals surface area (Å²) in [5.41, 5.74) is 0.496. The Morgan fingerprint density at radius 2 is 2.00 bits per heavy atom. The molecule has 0 saturated heterocycles. The van der Waals surface area contributed by atoms with Crippen LogP contribution in [0.15, 0.2) is 35.1 Å². The highest BCUT2D eigenvalue weighted by atomic mass is 19.3. The molecule has 2 N–H and O–H groups in total. The standard InChI is InChI=1S/C9H7NO2.C4H6F2O2/c11-7-3-1-6-2-4-9(12)10-8(6)5-7;1-3(7)8-2-4(5)6/h1-5,11H,(H,10,12);4H,2H2,1H3. The minimum absolute atomic E-state index is 0.157. The van der Waals surface area contributed by atoms with Gasteiger partial charge < -0.3 is 14.8 Å². The van der Waals surface area contributed by atoms with Gasteiger partial charge in [0.1, 0.15) is 5.75 Å². The zero-order chi connectivity index (χ0) is 15.1. The van der Waals surface area contributed by atoms with E-state index in [9.17, 15) is 18.4 Å². The van der Waals surface area contributed by atoms with Gasteiger partial charge in [0.05, 0.1) is 5.52 Å². The number of phenols is 1. The van der Waals surface area contributed by atoms with Crippen LogP contribution >= 0.6 is 0 Å². The van der Waals surface area contributed by atoms with E-state index in [0.717, 1.165) is 12.3 Å². The Labute approximate surface area is 112 Å². The van der Waals surface area contributed by atoms with Crippen molar-refractivity contribution < 1.29 is 23.4 Å². The molecule has 5 nitrogen and oxygen atoms in total. The van der Waals surface area contributed by atoms with E-state index in [2.05, 4.69) is 9.72 Å². The minimum atomic E-state index is -2.56. The highest BCUT2D eigenvalue weighted by Crippen LogP contribution is 2.15. The van der Waals surface area contributed by atoms with Gasteiger partial charge in [-0.3, -0.25) is 9.59 Å². The van der Waals surface area contributed by atoms with Gasteiger partial charge in [0.15, 0.2) is 6.61 Å². The van der Waals surface area contributed by atoms with Crippen LogP contribution in [0.3, 0.4) is 0 Å². The highest BCUT2D eigenvalue weighted by Gasteiger charge is 2.02. The van der Waals surface area contributed by atoms with Gasteiger partial charge in [-0.15, -0.1) is 0 Å². The van der Waals surface area contributed by atoms with E-state index in [0.29, 0.717) is 5.52 Å². The zero-order valence-electron chi connectivity index (χ0n) is 10.6. The largest absolute Gasteiger partial charge is 0.508 e. The van der Waals surface area contributed by atoms with Crippen LogP contribution in [0.5, 0.6) is 5.75 Å². The molecule has 2 rings (SSSR count).